The van der Waals surface area contributed by atoms with Crippen molar-refractivity contribution in [3.8, 4) is 28.9 Å². The third-order valence-electron chi connectivity index (χ3n) is 5.86. The van der Waals surface area contributed by atoms with E-state index in [9.17, 15) is 5.26 Å². The Labute approximate surface area is 195 Å². The SMILES string of the molecule is N#CC1=C(N)Oc2c(c(-c3ccccc3)nn2-c2ccccc2)C1c1cnc2ccccc2n1. The van der Waals surface area contributed by atoms with Crippen molar-refractivity contribution in [3.05, 3.63) is 114 Å². The van der Waals surface area contributed by atoms with E-state index in [1.807, 2.05) is 84.9 Å². The van der Waals surface area contributed by atoms with E-state index in [0.29, 0.717) is 17.3 Å². The van der Waals surface area contributed by atoms with Gasteiger partial charge in [0.05, 0.1) is 40.1 Å². The van der Waals surface area contributed by atoms with E-state index in [-0.39, 0.29) is 11.5 Å². The van der Waals surface area contributed by atoms with Crippen molar-refractivity contribution in [2.45, 2.75) is 5.92 Å². The van der Waals surface area contributed by atoms with Gasteiger partial charge in [-0.15, -0.1) is 0 Å². The van der Waals surface area contributed by atoms with E-state index in [2.05, 4.69) is 11.1 Å². The first-order valence-electron chi connectivity index (χ1n) is 10.8. The summed E-state index contributed by atoms with van der Waals surface area (Å²) in [6.45, 7) is 0. The zero-order chi connectivity index (χ0) is 23.1. The molecule has 1 unspecified atom stereocenters. The predicted octanol–water partition coefficient (Wildman–Crippen LogP) is 4.70. The number of aromatic nitrogens is 4. The smallest absolute Gasteiger partial charge is 0.229 e. The summed E-state index contributed by atoms with van der Waals surface area (Å²) in [4.78, 5) is 9.44. The Morgan fingerprint density at radius 3 is 2.29 bits per heavy atom. The van der Waals surface area contributed by atoms with E-state index in [1.165, 1.54) is 0 Å². The average molecular weight is 442 g/mol. The number of hydrogen-bond acceptors (Lipinski definition) is 6. The zero-order valence-corrected chi connectivity index (χ0v) is 18.0. The van der Waals surface area contributed by atoms with Gasteiger partial charge in [-0.3, -0.25) is 4.98 Å². The van der Waals surface area contributed by atoms with Crippen molar-refractivity contribution in [1.82, 2.24) is 19.7 Å². The molecule has 0 radical (unpaired) electrons. The maximum Gasteiger partial charge on any atom is 0.229 e. The quantitative estimate of drug-likeness (QED) is 0.434. The van der Waals surface area contributed by atoms with Crippen LogP contribution in [0.25, 0.3) is 28.0 Å². The fourth-order valence-electron chi connectivity index (χ4n) is 4.30. The zero-order valence-electron chi connectivity index (χ0n) is 18.0. The van der Waals surface area contributed by atoms with Gasteiger partial charge in [0.25, 0.3) is 0 Å². The Kier molecular flexibility index (Phi) is 4.56. The monoisotopic (exact) mass is 442 g/mol. The molecule has 3 aromatic carbocycles. The van der Waals surface area contributed by atoms with Crippen molar-refractivity contribution in [2.24, 2.45) is 5.73 Å². The number of nitriles is 1. The molecule has 7 heteroatoms. The molecule has 1 aliphatic rings. The maximum absolute atomic E-state index is 10.1. The van der Waals surface area contributed by atoms with Crippen molar-refractivity contribution in [2.75, 3.05) is 0 Å². The number of ether oxygens (including phenoxy) is 1. The third-order valence-corrected chi connectivity index (χ3v) is 5.86. The molecule has 6 rings (SSSR count). The standard InChI is InChI=1S/C27H18N6O/c28-15-19-23(22-16-30-20-13-7-8-14-21(20)31-22)24-25(17-9-3-1-4-10-17)32-33(27(24)34-26(19)29)18-11-5-2-6-12-18/h1-14,16,23H,29H2. The van der Waals surface area contributed by atoms with E-state index >= 15 is 0 Å². The molecular formula is C27H18N6O. The Bertz CT molecular complexity index is 1600. The molecule has 0 saturated heterocycles. The van der Waals surface area contributed by atoms with Crippen LogP contribution in [0.2, 0.25) is 0 Å². The van der Waals surface area contributed by atoms with Crippen LogP contribution in [0.5, 0.6) is 5.88 Å². The molecule has 0 saturated carbocycles. The second-order valence-corrected chi connectivity index (χ2v) is 7.89. The van der Waals surface area contributed by atoms with Gasteiger partial charge in [-0.1, -0.05) is 60.7 Å². The van der Waals surface area contributed by atoms with Crippen LogP contribution in [0.15, 0.2) is 103 Å². The molecule has 0 amide bonds. The van der Waals surface area contributed by atoms with E-state index in [4.69, 9.17) is 20.6 Å². The molecule has 7 nitrogen and oxygen atoms in total. The minimum Gasteiger partial charge on any atom is -0.422 e. The first kappa shape index (κ1) is 19.7. The number of para-hydroxylation sites is 3. The second-order valence-electron chi connectivity index (χ2n) is 7.89. The van der Waals surface area contributed by atoms with Crippen molar-refractivity contribution < 1.29 is 4.74 Å². The first-order valence-corrected chi connectivity index (χ1v) is 10.8. The molecule has 0 spiro atoms. The second kappa shape index (κ2) is 7.87. The summed E-state index contributed by atoms with van der Waals surface area (Å²) in [5.74, 6) is -0.0910. The molecule has 3 heterocycles. The summed E-state index contributed by atoms with van der Waals surface area (Å²) < 4.78 is 7.77. The molecule has 0 bridgehead atoms. The van der Waals surface area contributed by atoms with Gasteiger partial charge < -0.3 is 10.5 Å². The summed E-state index contributed by atoms with van der Waals surface area (Å²) in [5.41, 5.74) is 11.8. The van der Waals surface area contributed by atoms with Gasteiger partial charge in [-0.2, -0.15) is 15.0 Å². The molecule has 162 valence electrons. The minimum absolute atomic E-state index is 0.0339. The van der Waals surface area contributed by atoms with Crippen LogP contribution in [0.3, 0.4) is 0 Å². The average Bonchev–Trinajstić information content (AvgIpc) is 3.27. The molecule has 5 aromatic rings. The van der Waals surface area contributed by atoms with Crippen LogP contribution < -0.4 is 10.5 Å². The number of hydrogen-bond donors (Lipinski definition) is 1. The van der Waals surface area contributed by atoms with Gasteiger partial charge in [0.2, 0.25) is 11.8 Å². The normalized spacial score (nSPS) is 15.0. The lowest BCUT2D eigenvalue weighted by atomic mass is 9.86. The van der Waals surface area contributed by atoms with Crippen LogP contribution in [0, 0.1) is 11.3 Å². The lowest BCUT2D eigenvalue weighted by molar-refractivity contribution is 0.366. The lowest BCUT2D eigenvalue weighted by Gasteiger charge is -2.24. The van der Waals surface area contributed by atoms with E-state index in [0.717, 1.165) is 27.8 Å². The summed E-state index contributed by atoms with van der Waals surface area (Å²) >= 11 is 0. The Morgan fingerprint density at radius 1 is 0.882 bits per heavy atom. The summed E-state index contributed by atoms with van der Waals surface area (Å²) in [5, 5.41) is 15.0. The number of nitrogens with zero attached hydrogens (tertiary/aromatic N) is 5. The van der Waals surface area contributed by atoms with Gasteiger partial charge in [-0.05, 0) is 24.3 Å². The van der Waals surface area contributed by atoms with Crippen LogP contribution in [0.1, 0.15) is 17.2 Å². The Balaban J connectivity index is 1.66. The molecule has 0 fully saturated rings. The van der Waals surface area contributed by atoms with Crippen LogP contribution in [0.4, 0.5) is 0 Å². The molecule has 0 aliphatic carbocycles. The lowest BCUT2D eigenvalue weighted by Crippen LogP contribution is -2.22. The van der Waals surface area contributed by atoms with Gasteiger partial charge in [-0.25, -0.2) is 4.98 Å². The first-order chi connectivity index (χ1) is 16.7. The summed E-state index contributed by atoms with van der Waals surface area (Å²) in [6, 6.07) is 29.4. The number of allylic oxidation sites excluding steroid dienone is 1. The highest BCUT2D eigenvalue weighted by atomic mass is 16.5. The Morgan fingerprint density at radius 2 is 1.56 bits per heavy atom. The van der Waals surface area contributed by atoms with Crippen LogP contribution in [-0.4, -0.2) is 19.7 Å². The molecule has 2 aromatic heterocycles. The van der Waals surface area contributed by atoms with Crippen LogP contribution >= 0.6 is 0 Å². The number of benzene rings is 3. The molecule has 1 atom stereocenters. The molecular weight excluding hydrogens is 424 g/mol. The highest BCUT2D eigenvalue weighted by Gasteiger charge is 2.38. The largest absolute Gasteiger partial charge is 0.422 e. The molecule has 1 aliphatic heterocycles. The van der Waals surface area contributed by atoms with Crippen LogP contribution in [-0.2, 0) is 0 Å². The molecule has 2 N–H and O–H groups in total. The van der Waals surface area contributed by atoms with E-state index < -0.39 is 5.92 Å². The third kappa shape index (κ3) is 3.09. The summed E-state index contributed by atoms with van der Waals surface area (Å²) in [7, 11) is 0. The number of rotatable bonds is 3. The van der Waals surface area contributed by atoms with Gasteiger partial charge in [0.15, 0.2) is 0 Å². The summed E-state index contributed by atoms with van der Waals surface area (Å²) in [6.07, 6.45) is 1.70. The fourth-order valence-corrected chi connectivity index (χ4v) is 4.30. The number of fused-ring (bicyclic) bond motifs is 2. The van der Waals surface area contributed by atoms with Crippen molar-refractivity contribution in [1.29, 1.82) is 5.26 Å². The highest BCUT2D eigenvalue weighted by Crippen LogP contribution is 2.47. The van der Waals surface area contributed by atoms with Gasteiger partial charge >= 0.3 is 0 Å². The highest BCUT2D eigenvalue weighted by molar-refractivity contribution is 5.75. The molecule has 34 heavy (non-hydrogen) atoms. The topological polar surface area (TPSA) is 103 Å². The van der Waals surface area contributed by atoms with Crippen molar-refractivity contribution >= 4 is 11.0 Å². The minimum atomic E-state index is -0.585. The van der Waals surface area contributed by atoms with E-state index in [1.54, 1.807) is 10.9 Å². The van der Waals surface area contributed by atoms with Gasteiger partial charge in [0, 0.05) is 5.56 Å². The predicted molar refractivity (Wildman–Crippen MR) is 128 cm³/mol. The Hall–Kier alpha value is -4.96. The van der Waals surface area contributed by atoms with Crippen molar-refractivity contribution in [3.63, 3.8) is 0 Å². The maximum atomic E-state index is 10.1. The fraction of sp³-hybridized carbons (Fsp3) is 0.0370. The number of nitrogens with two attached hydrogens (primary N) is 1. The van der Waals surface area contributed by atoms with Gasteiger partial charge in [0.1, 0.15) is 17.3 Å².